The fourth-order valence-corrected chi connectivity index (χ4v) is 3.96. The number of esters is 1. The predicted octanol–water partition coefficient (Wildman–Crippen LogP) is 2.33. The van der Waals surface area contributed by atoms with Gasteiger partial charge in [-0.1, -0.05) is 42.0 Å². The third kappa shape index (κ3) is 2.81. The molecule has 2 aromatic rings. The first kappa shape index (κ1) is 18.9. The quantitative estimate of drug-likeness (QED) is 0.589. The first-order valence-corrected chi connectivity index (χ1v) is 9.33. The largest absolute Gasteiger partial charge is 0.454 e. The van der Waals surface area contributed by atoms with Gasteiger partial charge in [0.2, 0.25) is 11.6 Å². The monoisotopic (exact) mass is 392 g/mol. The van der Waals surface area contributed by atoms with E-state index in [1.165, 1.54) is 16.8 Å². The minimum absolute atomic E-state index is 0.104. The van der Waals surface area contributed by atoms with Crippen LogP contribution in [-0.4, -0.2) is 47.8 Å². The Kier molecular flexibility index (Phi) is 4.45. The van der Waals surface area contributed by atoms with Crippen LogP contribution in [0.15, 0.2) is 48.5 Å². The summed E-state index contributed by atoms with van der Waals surface area (Å²) in [6.45, 7) is 1.45. The number of hydrogen-bond acceptors (Lipinski definition) is 5. The van der Waals surface area contributed by atoms with Crippen molar-refractivity contribution in [3.8, 4) is 0 Å². The summed E-state index contributed by atoms with van der Waals surface area (Å²) < 4.78 is 5.34. The van der Waals surface area contributed by atoms with Gasteiger partial charge in [-0.15, -0.1) is 0 Å². The lowest BCUT2D eigenvalue weighted by atomic mass is 9.97. The molecule has 0 saturated carbocycles. The number of rotatable bonds is 4. The molecule has 2 aliphatic heterocycles. The lowest BCUT2D eigenvalue weighted by molar-refractivity contribution is -0.155. The van der Waals surface area contributed by atoms with Crippen molar-refractivity contribution in [2.45, 2.75) is 25.4 Å². The average Bonchev–Trinajstić information content (AvgIpc) is 3.09. The van der Waals surface area contributed by atoms with Gasteiger partial charge < -0.3 is 9.64 Å². The Morgan fingerprint density at radius 3 is 2.48 bits per heavy atom. The average molecular weight is 392 g/mol. The summed E-state index contributed by atoms with van der Waals surface area (Å²) in [7, 11) is 1.48. The van der Waals surface area contributed by atoms with E-state index >= 15 is 0 Å². The number of likely N-dealkylation sites (N-methyl/N-ethyl adjacent to an activating group) is 1. The highest BCUT2D eigenvalue weighted by atomic mass is 16.5. The second-order valence-electron chi connectivity index (χ2n) is 7.29. The zero-order chi connectivity index (χ0) is 20.8. The van der Waals surface area contributed by atoms with Gasteiger partial charge in [-0.3, -0.25) is 19.3 Å². The van der Waals surface area contributed by atoms with E-state index in [1.54, 1.807) is 48.5 Å². The van der Waals surface area contributed by atoms with Crippen molar-refractivity contribution in [2.24, 2.45) is 0 Å². The Hall–Kier alpha value is -3.48. The number of fused-ring (bicyclic) bond motifs is 3. The summed E-state index contributed by atoms with van der Waals surface area (Å²) in [5.74, 6) is -1.77. The van der Waals surface area contributed by atoms with Gasteiger partial charge in [0, 0.05) is 25.5 Å². The molecule has 148 valence electrons. The number of carbonyl (C=O) groups excluding carboxylic acids is 4. The number of nitrogens with zero attached hydrogens (tertiary/aromatic N) is 2. The van der Waals surface area contributed by atoms with Gasteiger partial charge in [-0.05, 0) is 19.1 Å². The molecule has 7 heteroatoms. The van der Waals surface area contributed by atoms with Crippen LogP contribution in [0.2, 0.25) is 0 Å². The number of Topliss-reactive ketones (excluding diaryl/α,β-unsaturated/α-hetero) is 1. The van der Waals surface area contributed by atoms with Crippen molar-refractivity contribution in [1.82, 2.24) is 4.90 Å². The van der Waals surface area contributed by atoms with Gasteiger partial charge in [-0.25, -0.2) is 4.79 Å². The molecule has 0 spiro atoms. The van der Waals surface area contributed by atoms with Crippen molar-refractivity contribution in [3.63, 3.8) is 0 Å². The van der Waals surface area contributed by atoms with Crippen LogP contribution in [0.3, 0.4) is 0 Å². The number of hydrogen-bond donors (Lipinski definition) is 0. The SMILES string of the molecule is Cc1ccc(C(=O)COC(=O)C23CCC(=O)N2c2ccccc2C(=O)N3C)cc1. The second-order valence-corrected chi connectivity index (χ2v) is 7.29. The number of ether oxygens (including phenoxy) is 1. The predicted molar refractivity (Wildman–Crippen MR) is 104 cm³/mol. The molecule has 0 bridgehead atoms. The molecular weight excluding hydrogens is 372 g/mol. The Bertz CT molecular complexity index is 1030. The van der Waals surface area contributed by atoms with Crippen LogP contribution in [0.4, 0.5) is 5.69 Å². The maximum Gasteiger partial charge on any atom is 0.354 e. The first-order chi connectivity index (χ1) is 13.9. The summed E-state index contributed by atoms with van der Waals surface area (Å²) >= 11 is 0. The number of aryl methyl sites for hydroxylation is 1. The number of ketones is 1. The molecule has 7 nitrogen and oxygen atoms in total. The number of carbonyl (C=O) groups is 4. The van der Waals surface area contributed by atoms with Crippen LogP contribution in [0.5, 0.6) is 0 Å². The van der Waals surface area contributed by atoms with E-state index in [-0.39, 0.29) is 30.4 Å². The highest BCUT2D eigenvalue weighted by Crippen LogP contribution is 2.44. The summed E-state index contributed by atoms with van der Waals surface area (Å²) in [6.07, 6.45) is 0.215. The Morgan fingerprint density at radius 2 is 1.76 bits per heavy atom. The van der Waals surface area contributed by atoms with Gasteiger partial charge in [-0.2, -0.15) is 0 Å². The molecule has 2 heterocycles. The van der Waals surface area contributed by atoms with Crippen LogP contribution < -0.4 is 4.90 Å². The Labute approximate surface area is 167 Å². The van der Waals surface area contributed by atoms with Crippen molar-refractivity contribution in [3.05, 3.63) is 65.2 Å². The van der Waals surface area contributed by atoms with E-state index in [1.807, 2.05) is 6.92 Å². The molecule has 4 rings (SSSR count). The second kappa shape index (κ2) is 6.84. The normalized spacial score (nSPS) is 20.3. The molecule has 1 saturated heterocycles. The topological polar surface area (TPSA) is 84.0 Å². The van der Waals surface area contributed by atoms with E-state index < -0.39 is 18.2 Å². The molecule has 1 fully saturated rings. The molecule has 0 radical (unpaired) electrons. The molecule has 0 aliphatic carbocycles. The van der Waals surface area contributed by atoms with Crippen molar-refractivity contribution >= 4 is 29.3 Å². The lowest BCUT2D eigenvalue weighted by Gasteiger charge is -2.46. The summed E-state index contributed by atoms with van der Waals surface area (Å²) in [5, 5.41) is 0. The molecular formula is C22H20N2O5. The molecule has 0 N–H and O–H groups in total. The highest BCUT2D eigenvalue weighted by molar-refractivity contribution is 6.15. The standard InChI is InChI=1S/C22H20N2O5/c1-14-7-9-15(10-8-14)18(25)13-29-21(28)22-12-11-19(26)24(22)17-6-4-3-5-16(17)20(27)23(22)2/h3-10H,11-13H2,1-2H3. The number of para-hydroxylation sites is 1. The zero-order valence-corrected chi connectivity index (χ0v) is 16.2. The molecule has 2 aliphatic rings. The Balaban J connectivity index is 1.63. The number of benzene rings is 2. The summed E-state index contributed by atoms with van der Waals surface area (Å²) in [6, 6.07) is 13.6. The number of anilines is 1. The van der Waals surface area contributed by atoms with Crippen molar-refractivity contribution in [1.29, 1.82) is 0 Å². The third-order valence-corrected chi connectivity index (χ3v) is 5.58. The maximum absolute atomic E-state index is 13.1. The maximum atomic E-state index is 13.1. The zero-order valence-electron chi connectivity index (χ0n) is 16.2. The summed E-state index contributed by atoms with van der Waals surface area (Å²) in [5.41, 5.74) is 0.609. The van der Waals surface area contributed by atoms with Crippen molar-refractivity contribution < 1.29 is 23.9 Å². The van der Waals surface area contributed by atoms with Gasteiger partial charge >= 0.3 is 5.97 Å². The minimum atomic E-state index is -1.57. The molecule has 2 amide bonds. The van der Waals surface area contributed by atoms with E-state index in [0.717, 1.165) is 5.56 Å². The molecule has 1 atom stereocenters. The Morgan fingerprint density at radius 1 is 1.07 bits per heavy atom. The molecule has 2 aromatic carbocycles. The van der Waals surface area contributed by atoms with Crippen LogP contribution >= 0.6 is 0 Å². The van der Waals surface area contributed by atoms with Crippen LogP contribution in [0.1, 0.15) is 39.1 Å². The first-order valence-electron chi connectivity index (χ1n) is 9.33. The third-order valence-electron chi connectivity index (χ3n) is 5.58. The smallest absolute Gasteiger partial charge is 0.354 e. The lowest BCUT2D eigenvalue weighted by Crippen LogP contribution is -2.67. The van der Waals surface area contributed by atoms with Gasteiger partial charge in [0.25, 0.3) is 5.91 Å². The molecule has 29 heavy (non-hydrogen) atoms. The van der Waals surface area contributed by atoms with Crippen LogP contribution in [0.25, 0.3) is 0 Å². The summed E-state index contributed by atoms with van der Waals surface area (Å²) in [4.78, 5) is 53.6. The van der Waals surface area contributed by atoms with Crippen LogP contribution in [0, 0.1) is 6.92 Å². The fourth-order valence-electron chi connectivity index (χ4n) is 3.96. The minimum Gasteiger partial charge on any atom is -0.454 e. The van der Waals surface area contributed by atoms with Gasteiger partial charge in [0.1, 0.15) is 0 Å². The van der Waals surface area contributed by atoms with E-state index in [2.05, 4.69) is 0 Å². The van der Waals surface area contributed by atoms with Crippen molar-refractivity contribution in [2.75, 3.05) is 18.6 Å². The molecule has 0 aromatic heterocycles. The van der Waals surface area contributed by atoms with E-state index in [0.29, 0.717) is 16.8 Å². The molecule has 1 unspecified atom stereocenters. The van der Waals surface area contributed by atoms with E-state index in [4.69, 9.17) is 4.74 Å². The highest BCUT2D eigenvalue weighted by Gasteiger charge is 2.60. The fraction of sp³-hybridized carbons (Fsp3) is 0.273. The van der Waals surface area contributed by atoms with Gasteiger partial charge in [0.15, 0.2) is 12.4 Å². The van der Waals surface area contributed by atoms with E-state index in [9.17, 15) is 19.2 Å². The van der Waals surface area contributed by atoms with Crippen LogP contribution in [-0.2, 0) is 14.3 Å². The number of amides is 2. The van der Waals surface area contributed by atoms with Gasteiger partial charge in [0.05, 0.1) is 11.3 Å².